The lowest BCUT2D eigenvalue weighted by Gasteiger charge is -2.50. The standard InChI is InChI=1S/C22H52O7Si6/c1-11-14-30(2,3)25-31(4,5)17-18-35(10)28-33(8,15-12-21-19-23-21)26-32(6,7)27-34(9,29-35)16-13-22-20-24-22/h21-22H,11-20H2,1-10H3. The van der Waals surface area contributed by atoms with Crippen molar-refractivity contribution in [3.8, 4) is 0 Å². The molecule has 7 nitrogen and oxygen atoms in total. The van der Waals surface area contributed by atoms with Crippen LogP contribution in [0.5, 0.6) is 0 Å². The zero-order valence-electron chi connectivity index (χ0n) is 24.1. The summed E-state index contributed by atoms with van der Waals surface area (Å²) in [5.74, 6) is 0. The Morgan fingerprint density at radius 1 is 0.657 bits per heavy atom. The number of epoxide rings is 2. The fourth-order valence-electron chi connectivity index (χ4n) is 5.64. The van der Waals surface area contributed by atoms with Gasteiger partial charge < -0.3 is 30.0 Å². The van der Waals surface area contributed by atoms with E-state index in [1.807, 2.05) is 0 Å². The van der Waals surface area contributed by atoms with Crippen LogP contribution in [0.2, 0.25) is 89.1 Å². The van der Waals surface area contributed by atoms with Crippen molar-refractivity contribution in [1.82, 2.24) is 0 Å². The van der Waals surface area contributed by atoms with E-state index in [1.54, 1.807) is 0 Å². The van der Waals surface area contributed by atoms with E-state index in [2.05, 4.69) is 65.8 Å². The molecule has 0 N–H and O–H groups in total. The summed E-state index contributed by atoms with van der Waals surface area (Å²) < 4.78 is 46.1. The van der Waals surface area contributed by atoms with Gasteiger partial charge in [-0.1, -0.05) is 13.3 Å². The van der Waals surface area contributed by atoms with Gasteiger partial charge in [-0.3, -0.25) is 0 Å². The largest absolute Gasteiger partial charge is 0.456 e. The summed E-state index contributed by atoms with van der Waals surface area (Å²) in [4.78, 5) is 0. The highest BCUT2D eigenvalue weighted by atomic mass is 28.5. The van der Waals surface area contributed by atoms with Gasteiger partial charge in [-0.2, -0.15) is 0 Å². The minimum atomic E-state index is -2.58. The molecular weight excluding hydrogens is 545 g/mol. The van der Waals surface area contributed by atoms with Crippen molar-refractivity contribution in [2.24, 2.45) is 0 Å². The Hall–Kier alpha value is 1.02. The van der Waals surface area contributed by atoms with Crippen molar-refractivity contribution < 1.29 is 30.0 Å². The molecule has 3 heterocycles. The molecule has 0 amide bonds. The molecule has 3 fully saturated rings. The van der Waals surface area contributed by atoms with Gasteiger partial charge in [-0.05, 0) is 102 Å². The van der Waals surface area contributed by atoms with Gasteiger partial charge in [0.2, 0.25) is 0 Å². The average Bonchev–Trinajstić information content (AvgIpc) is 3.56. The Balaban J connectivity index is 1.78. The number of hydrogen-bond acceptors (Lipinski definition) is 7. The first kappa shape index (κ1) is 30.6. The van der Waals surface area contributed by atoms with Crippen LogP contribution >= 0.6 is 0 Å². The van der Waals surface area contributed by atoms with E-state index < -0.39 is 50.9 Å². The Bertz CT molecular complexity index is 682. The molecule has 0 bridgehead atoms. The third kappa shape index (κ3) is 10.6. The summed E-state index contributed by atoms with van der Waals surface area (Å²) in [6, 6.07) is 5.09. The van der Waals surface area contributed by atoms with Gasteiger partial charge >= 0.3 is 34.2 Å². The van der Waals surface area contributed by atoms with Crippen molar-refractivity contribution in [3.63, 3.8) is 0 Å². The zero-order valence-corrected chi connectivity index (χ0v) is 30.1. The molecule has 4 atom stereocenters. The van der Waals surface area contributed by atoms with Crippen LogP contribution in [0, 0.1) is 0 Å². The van der Waals surface area contributed by atoms with Crippen LogP contribution in [-0.2, 0) is 30.0 Å². The van der Waals surface area contributed by atoms with Crippen LogP contribution in [0.3, 0.4) is 0 Å². The lowest BCUT2D eigenvalue weighted by Crippen LogP contribution is -2.66. The molecule has 35 heavy (non-hydrogen) atoms. The third-order valence-electron chi connectivity index (χ3n) is 7.02. The van der Waals surface area contributed by atoms with Gasteiger partial charge in [0, 0.05) is 0 Å². The van der Waals surface area contributed by atoms with Crippen molar-refractivity contribution in [1.29, 1.82) is 0 Å². The molecule has 3 rings (SSSR count). The zero-order chi connectivity index (χ0) is 26.2. The lowest BCUT2D eigenvalue weighted by atomic mass is 10.4. The molecule has 206 valence electrons. The fourth-order valence-corrected chi connectivity index (χ4v) is 39.8. The summed E-state index contributed by atoms with van der Waals surface area (Å²) in [6.07, 6.45) is 3.96. The predicted octanol–water partition coefficient (Wildman–Crippen LogP) is 6.40. The van der Waals surface area contributed by atoms with Crippen molar-refractivity contribution in [2.75, 3.05) is 13.2 Å². The molecular formula is C22H52O7Si6. The minimum Gasteiger partial charge on any atom is -0.456 e. The van der Waals surface area contributed by atoms with Gasteiger partial charge in [0.25, 0.3) is 0 Å². The predicted molar refractivity (Wildman–Crippen MR) is 156 cm³/mol. The van der Waals surface area contributed by atoms with Crippen molar-refractivity contribution >= 4 is 50.9 Å². The van der Waals surface area contributed by atoms with Gasteiger partial charge in [-0.25, -0.2) is 0 Å². The first-order chi connectivity index (χ1) is 16.0. The maximum absolute atomic E-state index is 7.19. The van der Waals surface area contributed by atoms with Crippen molar-refractivity contribution in [3.05, 3.63) is 0 Å². The van der Waals surface area contributed by atoms with Crippen LogP contribution in [-0.4, -0.2) is 76.3 Å². The molecule has 13 heteroatoms. The Kier molecular flexibility index (Phi) is 9.82. The summed E-state index contributed by atoms with van der Waals surface area (Å²) >= 11 is 0. The molecule has 0 aromatic rings. The number of ether oxygens (including phenoxy) is 2. The van der Waals surface area contributed by atoms with Crippen LogP contribution in [0.15, 0.2) is 0 Å². The number of rotatable bonds is 13. The maximum atomic E-state index is 7.19. The molecule has 0 aliphatic carbocycles. The van der Waals surface area contributed by atoms with Crippen LogP contribution in [0.1, 0.15) is 26.2 Å². The SMILES string of the molecule is CCC[Si](C)(C)O[Si](C)(C)CC[Si]1(C)O[Si](C)(CCC2CO2)O[Si](C)(C)O[Si](C)(CCC2CO2)O1. The van der Waals surface area contributed by atoms with E-state index in [1.165, 1.54) is 12.5 Å². The van der Waals surface area contributed by atoms with Crippen LogP contribution in [0.25, 0.3) is 0 Å². The highest BCUT2D eigenvalue weighted by Gasteiger charge is 2.56. The molecule has 0 aromatic carbocycles. The van der Waals surface area contributed by atoms with E-state index in [9.17, 15) is 0 Å². The molecule has 0 saturated carbocycles. The maximum Gasteiger partial charge on any atom is 0.317 e. The first-order valence-corrected chi connectivity index (χ1v) is 30.3. The molecule has 3 saturated heterocycles. The Morgan fingerprint density at radius 2 is 1.06 bits per heavy atom. The monoisotopic (exact) mass is 596 g/mol. The summed E-state index contributed by atoms with van der Waals surface area (Å²) in [7, 11) is -13.5. The highest BCUT2D eigenvalue weighted by molar-refractivity contribution is 6.94. The van der Waals surface area contributed by atoms with Gasteiger partial charge in [0.05, 0.1) is 25.4 Å². The number of hydrogen-bond donors (Lipinski definition) is 0. The molecule has 0 radical (unpaired) electrons. The smallest absolute Gasteiger partial charge is 0.317 e. The molecule has 0 spiro atoms. The topological polar surface area (TPSA) is 71.2 Å². The molecule has 0 aromatic heterocycles. The third-order valence-corrected chi connectivity index (χ3v) is 32.9. The molecule has 3 aliphatic heterocycles. The van der Waals surface area contributed by atoms with E-state index in [0.717, 1.165) is 50.2 Å². The average molecular weight is 597 g/mol. The second-order valence-electron chi connectivity index (χ2n) is 13.1. The lowest BCUT2D eigenvalue weighted by molar-refractivity contribution is 0.223. The van der Waals surface area contributed by atoms with E-state index >= 15 is 0 Å². The van der Waals surface area contributed by atoms with E-state index in [4.69, 9.17) is 30.0 Å². The molecule has 4 unspecified atom stereocenters. The van der Waals surface area contributed by atoms with Crippen LogP contribution in [0.4, 0.5) is 0 Å². The highest BCUT2D eigenvalue weighted by Crippen LogP contribution is 2.39. The quantitative estimate of drug-likeness (QED) is 0.180. The first-order valence-electron chi connectivity index (χ1n) is 13.7. The normalized spacial score (nSPS) is 37.5. The van der Waals surface area contributed by atoms with Gasteiger partial charge in [0.1, 0.15) is 0 Å². The van der Waals surface area contributed by atoms with E-state index in [0.29, 0.717) is 12.2 Å². The van der Waals surface area contributed by atoms with Gasteiger partial charge in [0.15, 0.2) is 16.6 Å². The molecule has 3 aliphatic rings. The Labute approximate surface area is 221 Å². The summed E-state index contributed by atoms with van der Waals surface area (Å²) in [5.41, 5.74) is 0. The summed E-state index contributed by atoms with van der Waals surface area (Å²) in [5, 5.41) is 0. The van der Waals surface area contributed by atoms with Crippen LogP contribution < -0.4 is 0 Å². The second-order valence-corrected chi connectivity index (χ2v) is 36.3. The summed E-state index contributed by atoms with van der Waals surface area (Å²) in [6.45, 7) is 24.6. The Morgan fingerprint density at radius 3 is 1.46 bits per heavy atom. The minimum absolute atomic E-state index is 0.375. The fraction of sp³-hybridized carbons (Fsp3) is 1.00. The second kappa shape index (κ2) is 11.3. The van der Waals surface area contributed by atoms with E-state index in [-0.39, 0.29) is 0 Å². The van der Waals surface area contributed by atoms with Crippen molar-refractivity contribution in [2.45, 2.75) is 128 Å². The van der Waals surface area contributed by atoms with Gasteiger partial charge in [-0.15, -0.1) is 0 Å².